The van der Waals surface area contributed by atoms with E-state index in [0.717, 1.165) is 42.6 Å². The van der Waals surface area contributed by atoms with Crippen molar-refractivity contribution in [1.82, 2.24) is 0 Å². The van der Waals surface area contributed by atoms with Gasteiger partial charge in [-0.15, -0.1) is 0 Å². The summed E-state index contributed by atoms with van der Waals surface area (Å²) < 4.78 is 6.19. The van der Waals surface area contributed by atoms with Gasteiger partial charge in [-0.2, -0.15) is 0 Å². The van der Waals surface area contributed by atoms with Gasteiger partial charge in [0, 0.05) is 6.61 Å². The lowest BCUT2D eigenvalue weighted by Gasteiger charge is -2.58. The maximum absolute atomic E-state index is 6.19. The predicted octanol–water partition coefficient (Wildman–Crippen LogP) is 9.81. The van der Waals surface area contributed by atoms with E-state index < -0.39 is 8.32 Å². The average Bonchev–Trinajstić information content (AvgIpc) is 3.11. The average molecular weight is 485 g/mol. The minimum Gasteiger partial charge on any atom is -0.417 e. The van der Waals surface area contributed by atoms with Crippen LogP contribution < -0.4 is 0 Å². The molecular weight excluding hydrogens is 428 g/mol. The smallest absolute Gasteiger partial charge is 0.183 e. The molecule has 0 radical (unpaired) electrons. The highest BCUT2D eigenvalue weighted by atomic mass is 28.4. The number of rotatable bonds is 8. The molecule has 0 unspecified atom stereocenters. The Morgan fingerprint density at radius 1 is 1.06 bits per heavy atom. The Labute approximate surface area is 213 Å². The highest BCUT2D eigenvalue weighted by molar-refractivity contribution is 6.69. The second-order valence-corrected chi connectivity index (χ2v) is 19.1. The Morgan fingerprint density at radius 2 is 1.82 bits per heavy atom. The van der Waals surface area contributed by atoms with Crippen LogP contribution in [0.25, 0.3) is 0 Å². The fourth-order valence-electron chi connectivity index (χ4n) is 9.28. The van der Waals surface area contributed by atoms with Gasteiger partial charge in [-0.25, -0.2) is 0 Å². The second-order valence-electron chi connectivity index (χ2n) is 14.6. The molecule has 0 aliphatic heterocycles. The molecule has 0 heterocycles. The SMILES string of the molecule is CC(C)C(=CC[C@@H](C)[C@H]1CC[C@H]2[C@@H]3CC=C4CCCC[C@]4(C)[C@H]3CC[C@]12C)CCO[Si](C)(C)C. The summed E-state index contributed by atoms with van der Waals surface area (Å²) in [6, 6.07) is 0. The van der Waals surface area contributed by atoms with Crippen molar-refractivity contribution in [2.45, 2.75) is 125 Å². The zero-order valence-electron chi connectivity index (χ0n) is 24.0. The Kier molecular flexibility index (Phi) is 8.01. The molecule has 0 bridgehead atoms. The summed E-state index contributed by atoms with van der Waals surface area (Å²) in [4.78, 5) is 0. The molecule has 34 heavy (non-hydrogen) atoms. The van der Waals surface area contributed by atoms with Crippen LogP contribution >= 0.6 is 0 Å². The van der Waals surface area contributed by atoms with Crippen LogP contribution in [-0.2, 0) is 4.43 Å². The van der Waals surface area contributed by atoms with Crippen molar-refractivity contribution in [2.24, 2.45) is 46.3 Å². The number of allylic oxidation sites excluding steroid dienone is 3. The summed E-state index contributed by atoms with van der Waals surface area (Å²) in [5.41, 5.74) is 4.60. The first-order chi connectivity index (χ1) is 16.0. The quantitative estimate of drug-likeness (QED) is 0.246. The first-order valence-corrected chi connectivity index (χ1v) is 18.4. The van der Waals surface area contributed by atoms with Crippen LogP contribution in [-0.4, -0.2) is 14.9 Å². The van der Waals surface area contributed by atoms with E-state index in [4.69, 9.17) is 4.43 Å². The highest BCUT2D eigenvalue weighted by Gasteiger charge is 2.58. The molecule has 7 atom stereocenters. The van der Waals surface area contributed by atoms with Gasteiger partial charge in [0.1, 0.15) is 0 Å². The van der Waals surface area contributed by atoms with Crippen LogP contribution in [0.1, 0.15) is 105 Å². The zero-order valence-corrected chi connectivity index (χ0v) is 25.0. The molecule has 0 aromatic heterocycles. The van der Waals surface area contributed by atoms with E-state index in [9.17, 15) is 0 Å². The Bertz CT molecular complexity index is 772. The van der Waals surface area contributed by atoms with Crippen molar-refractivity contribution in [1.29, 1.82) is 0 Å². The summed E-state index contributed by atoms with van der Waals surface area (Å²) in [7, 11) is -1.42. The molecule has 2 heteroatoms. The molecule has 0 amide bonds. The van der Waals surface area contributed by atoms with Crippen LogP contribution in [0.2, 0.25) is 19.6 Å². The summed E-state index contributed by atoms with van der Waals surface area (Å²) in [6.07, 6.45) is 20.9. The second kappa shape index (κ2) is 10.2. The van der Waals surface area contributed by atoms with Crippen LogP contribution in [0, 0.1) is 46.3 Å². The molecule has 0 aromatic carbocycles. The maximum Gasteiger partial charge on any atom is 0.183 e. The normalized spacial score (nSPS) is 39.3. The summed E-state index contributed by atoms with van der Waals surface area (Å²) in [6.45, 7) is 20.5. The van der Waals surface area contributed by atoms with Crippen LogP contribution in [0.15, 0.2) is 23.3 Å². The molecular formula is C32H56OSi. The predicted molar refractivity (Wildman–Crippen MR) is 150 cm³/mol. The van der Waals surface area contributed by atoms with Crippen LogP contribution in [0.5, 0.6) is 0 Å². The Morgan fingerprint density at radius 3 is 2.53 bits per heavy atom. The van der Waals surface area contributed by atoms with E-state index in [1.54, 1.807) is 5.57 Å². The van der Waals surface area contributed by atoms with Gasteiger partial charge in [-0.05, 0) is 130 Å². The van der Waals surface area contributed by atoms with Crippen molar-refractivity contribution in [3.63, 3.8) is 0 Å². The van der Waals surface area contributed by atoms with Crippen LogP contribution in [0.3, 0.4) is 0 Å². The monoisotopic (exact) mass is 484 g/mol. The molecule has 4 aliphatic rings. The lowest BCUT2D eigenvalue weighted by Crippen LogP contribution is -2.50. The van der Waals surface area contributed by atoms with E-state index in [2.05, 4.69) is 66.4 Å². The fraction of sp³-hybridized carbons (Fsp3) is 0.875. The third-order valence-electron chi connectivity index (χ3n) is 11.2. The summed E-state index contributed by atoms with van der Waals surface area (Å²) >= 11 is 0. The van der Waals surface area contributed by atoms with E-state index >= 15 is 0 Å². The van der Waals surface area contributed by atoms with Crippen molar-refractivity contribution in [3.8, 4) is 0 Å². The minimum absolute atomic E-state index is 0.541. The Balaban J connectivity index is 1.43. The first-order valence-electron chi connectivity index (χ1n) is 15.0. The standard InChI is InChI=1S/C32H56OSi/c1-23(2)25(19-22-33-34(6,7)8)13-12-24(3)28-16-17-29-27-15-14-26-11-9-10-20-31(26,4)30(27)18-21-32(28,29)5/h13-14,23-24,27-30H,9-12,15-22H2,1-8H3/t24-,27+,28-,29+,30+,31+,32-/m1/s1. The van der Waals surface area contributed by atoms with Gasteiger partial charge in [-0.3, -0.25) is 0 Å². The number of fused-ring (bicyclic) bond motifs is 5. The summed E-state index contributed by atoms with van der Waals surface area (Å²) in [5, 5.41) is 0. The minimum atomic E-state index is -1.42. The molecule has 0 aromatic rings. The third-order valence-corrected chi connectivity index (χ3v) is 12.3. The molecule has 4 aliphatic carbocycles. The van der Waals surface area contributed by atoms with E-state index in [-0.39, 0.29) is 0 Å². The molecule has 1 nitrogen and oxygen atoms in total. The Hall–Kier alpha value is -0.343. The molecule has 3 fully saturated rings. The molecule has 0 spiro atoms. The van der Waals surface area contributed by atoms with Gasteiger partial charge < -0.3 is 4.43 Å². The van der Waals surface area contributed by atoms with Gasteiger partial charge in [-0.1, -0.05) is 64.3 Å². The van der Waals surface area contributed by atoms with Gasteiger partial charge >= 0.3 is 0 Å². The molecule has 0 N–H and O–H groups in total. The van der Waals surface area contributed by atoms with Crippen molar-refractivity contribution in [3.05, 3.63) is 23.3 Å². The maximum atomic E-state index is 6.19. The molecule has 4 rings (SSSR count). The number of hydrogen-bond acceptors (Lipinski definition) is 1. The van der Waals surface area contributed by atoms with Gasteiger partial charge in [0.15, 0.2) is 8.32 Å². The van der Waals surface area contributed by atoms with Crippen molar-refractivity contribution < 1.29 is 4.43 Å². The molecule has 0 saturated heterocycles. The lowest BCUT2D eigenvalue weighted by atomic mass is 9.47. The lowest BCUT2D eigenvalue weighted by molar-refractivity contribution is -0.0491. The van der Waals surface area contributed by atoms with Gasteiger partial charge in [0.05, 0.1) is 0 Å². The van der Waals surface area contributed by atoms with E-state index in [1.807, 2.05) is 5.57 Å². The summed E-state index contributed by atoms with van der Waals surface area (Å²) in [5.74, 6) is 5.25. The third kappa shape index (κ3) is 5.20. The molecule has 3 saturated carbocycles. The largest absolute Gasteiger partial charge is 0.417 e. The van der Waals surface area contributed by atoms with Crippen LogP contribution in [0.4, 0.5) is 0 Å². The van der Waals surface area contributed by atoms with Gasteiger partial charge in [0.25, 0.3) is 0 Å². The molecule has 194 valence electrons. The van der Waals surface area contributed by atoms with E-state index in [0.29, 0.717) is 16.7 Å². The van der Waals surface area contributed by atoms with Crippen molar-refractivity contribution in [2.75, 3.05) is 6.61 Å². The topological polar surface area (TPSA) is 9.23 Å². The fourth-order valence-corrected chi connectivity index (χ4v) is 9.99. The highest BCUT2D eigenvalue weighted by Crippen LogP contribution is 2.67. The van der Waals surface area contributed by atoms with Crippen molar-refractivity contribution >= 4 is 8.32 Å². The zero-order chi connectivity index (χ0) is 24.7. The van der Waals surface area contributed by atoms with E-state index in [1.165, 1.54) is 64.2 Å². The first kappa shape index (κ1) is 26.7. The van der Waals surface area contributed by atoms with Gasteiger partial charge in [0.2, 0.25) is 0 Å². The number of hydrogen-bond donors (Lipinski definition) is 0.